The van der Waals surface area contributed by atoms with E-state index in [0.717, 1.165) is 50.6 Å². The second-order valence-corrected chi connectivity index (χ2v) is 7.57. The van der Waals surface area contributed by atoms with Crippen LogP contribution < -0.4 is 10.2 Å². The Morgan fingerprint density at radius 3 is 2.65 bits per heavy atom. The molecule has 1 saturated heterocycles. The number of rotatable bonds is 3. The van der Waals surface area contributed by atoms with Crippen molar-refractivity contribution in [2.75, 3.05) is 18.0 Å². The van der Waals surface area contributed by atoms with E-state index in [0.29, 0.717) is 0 Å². The fourth-order valence-corrected chi connectivity index (χ4v) is 3.75. The highest BCUT2D eigenvalue weighted by Gasteiger charge is 2.34. The Morgan fingerprint density at radius 1 is 1.26 bits per heavy atom. The van der Waals surface area contributed by atoms with E-state index in [9.17, 15) is 4.79 Å². The van der Waals surface area contributed by atoms with Crippen LogP contribution in [0.15, 0.2) is 18.5 Å². The normalized spacial score (nSPS) is 31.7. The zero-order valence-corrected chi connectivity index (χ0v) is 14.3. The Hall–Kier alpha value is -1.65. The largest absolute Gasteiger partial charge is 0.351 e. The molecule has 1 aliphatic carbocycles. The Morgan fingerprint density at radius 2 is 1.96 bits per heavy atom. The highest BCUT2D eigenvalue weighted by molar-refractivity contribution is 5.80. The quantitative estimate of drug-likeness (QED) is 0.931. The van der Waals surface area contributed by atoms with Crippen LogP contribution in [0.25, 0.3) is 0 Å². The number of nitrogens with one attached hydrogen (secondary N) is 1. The number of piperidine rings is 1. The van der Waals surface area contributed by atoms with Crippen molar-refractivity contribution in [1.29, 1.82) is 0 Å². The number of aromatic nitrogens is 2. The Bertz CT molecular complexity index is 525. The van der Waals surface area contributed by atoms with Crippen molar-refractivity contribution < 1.29 is 4.79 Å². The highest BCUT2D eigenvalue weighted by atomic mass is 16.2. The van der Waals surface area contributed by atoms with Gasteiger partial charge in [-0.1, -0.05) is 6.92 Å². The summed E-state index contributed by atoms with van der Waals surface area (Å²) >= 11 is 0. The second kappa shape index (κ2) is 6.85. The van der Waals surface area contributed by atoms with E-state index >= 15 is 0 Å². The van der Waals surface area contributed by atoms with Crippen LogP contribution in [-0.2, 0) is 4.79 Å². The van der Waals surface area contributed by atoms with Gasteiger partial charge in [0.25, 0.3) is 0 Å². The summed E-state index contributed by atoms with van der Waals surface area (Å²) in [4.78, 5) is 23.5. The van der Waals surface area contributed by atoms with Gasteiger partial charge < -0.3 is 10.2 Å². The molecule has 5 heteroatoms. The number of anilines is 1. The predicted octanol–water partition coefficient (Wildman–Crippen LogP) is 2.78. The summed E-state index contributed by atoms with van der Waals surface area (Å²) in [5, 5.41) is 3.35. The van der Waals surface area contributed by atoms with Crippen LogP contribution in [0.1, 0.15) is 52.4 Å². The molecule has 2 fully saturated rings. The number of hydrogen-bond donors (Lipinski definition) is 1. The molecule has 0 unspecified atom stereocenters. The summed E-state index contributed by atoms with van der Waals surface area (Å²) in [6, 6.07) is 1.82. The SMILES string of the molecule is CC1CCC(C)(NC(=O)[C@@H]2CCCN(c3ncccn3)C2)CC1. The predicted molar refractivity (Wildman–Crippen MR) is 91.1 cm³/mol. The van der Waals surface area contributed by atoms with Crippen molar-refractivity contribution >= 4 is 11.9 Å². The van der Waals surface area contributed by atoms with E-state index in [4.69, 9.17) is 0 Å². The molecule has 1 aliphatic heterocycles. The molecule has 1 atom stereocenters. The molecule has 0 bridgehead atoms. The van der Waals surface area contributed by atoms with Crippen molar-refractivity contribution in [3.8, 4) is 0 Å². The van der Waals surface area contributed by atoms with Gasteiger partial charge in [-0.25, -0.2) is 9.97 Å². The maximum Gasteiger partial charge on any atom is 0.225 e. The van der Waals surface area contributed by atoms with E-state index in [2.05, 4.69) is 34.0 Å². The van der Waals surface area contributed by atoms with Crippen LogP contribution in [0, 0.1) is 11.8 Å². The van der Waals surface area contributed by atoms with Crippen molar-refractivity contribution in [2.45, 2.75) is 57.9 Å². The van der Waals surface area contributed by atoms with E-state index < -0.39 is 0 Å². The average molecular weight is 316 g/mol. The summed E-state index contributed by atoms with van der Waals surface area (Å²) in [6.07, 6.45) is 10.1. The summed E-state index contributed by atoms with van der Waals surface area (Å²) in [5.74, 6) is 1.79. The molecule has 1 N–H and O–H groups in total. The van der Waals surface area contributed by atoms with Crippen LogP contribution in [0.3, 0.4) is 0 Å². The lowest BCUT2D eigenvalue weighted by molar-refractivity contribution is -0.127. The molecule has 23 heavy (non-hydrogen) atoms. The van der Waals surface area contributed by atoms with Gasteiger partial charge in [0.1, 0.15) is 0 Å². The summed E-state index contributed by atoms with van der Waals surface area (Å²) in [7, 11) is 0. The van der Waals surface area contributed by atoms with Crippen molar-refractivity contribution in [3.05, 3.63) is 18.5 Å². The van der Waals surface area contributed by atoms with Crippen LogP contribution in [0.5, 0.6) is 0 Å². The van der Waals surface area contributed by atoms with Gasteiger partial charge in [-0.3, -0.25) is 4.79 Å². The van der Waals surface area contributed by atoms with Crippen LogP contribution in [-0.4, -0.2) is 34.5 Å². The first-order valence-corrected chi connectivity index (χ1v) is 8.90. The Labute approximate surface area is 138 Å². The third-order valence-corrected chi connectivity index (χ3v) is 5.43. The van der Waals surface area contributed by atoms with Crippen molar-refractivity contribution in [2.24, 2.45) is 11.8 Å². The van der Waals surface area contributed by atoms with E-state index in [1.807, 2.05) is 6.07 Å². The molecule has 3 rings (SSSR count). The molecule has 2 aliphatic rings. The van der Waals surface area contributed by atoms with Crippen molar-refractivity contribution in [1.82, 2.24) is 15.3 Å². The molecular weight excluding hydrogens is 288 g/mol. The highest BCUT2D eigenvalue weighted by Crippen LogP contribution is 2.32. The van der Waals surface area contributed by atoms with Gasteiger partial charge in [0, 0.05) is 31.0 Å². The maximum absolute atomic E-state index is 12.8. The molecule has 0 spiro atoms. The summed E-state index contributed by atoms with van der Waals surface area (Å²) in [6.45, 7) is 6.17. The zero-order valence-electron chi connectivity index (χ0n) is 14.3. The number of amides is 1. The number of carbonyl (C=O) groups excluding carboxylic acids is 1. The number of hydrogen-bond acceptors (Lipinski definition) is 4. The van der Waals surface area contributed by atoms with Gasteiger partial charge in [-0.2, -0.15) is 0 Å². The fraction of sp³-hybridized carbons (Fsp3) is 0.722. The third kappa shape index (κ3) is 4.01. The zero-order chi connectivity index (χ0) is 16.3. The van der Waals surface area contributed by atoms with Gasteiger partial charge in [0.2, 0.25) is 11.9 Å². The lowest BCUT2D eigenvalue weighted by Crippen LogP contribution is -2.52. The van der Waals surface area contributed by atoms with Gasteiger partial charge in [-0.05, 0) is 57.4 Å². The first-order valence-electron chi connectivity index (χ1n) is 8.90. The first-order chi connectivity index (χ1) is 11.1. The third-order valence-electron chi connectivity index (χ3n) is 5.43. The molecule has 0 aromatic carbocycles. The van der Waals surface area contributed by atoms with E-state index in [-0.39, 0.29) is 17.4 Å². The lowest BCUT2D eigenvalue weighted by atomic mass is 9.78. The number of carbonyl (C=O) groups is 1. The minimum atomic E-state index is -0.0187. The standard InChI is InChI=1S/C18H28N4O/c1-14-6-8-18(2,9-7-14)21-16(23)15-5-3-12-22(13-15)17-19-10-4-11-20-17/h4,10-11,14-15H,3,5-9,12-13H2,1-2H3,(H,21,23)/t14?,15-,18?/m1/s1. The summed E-state index contributed by atoms with van der Waals surface area (Å²) < 4.78 is 0. The Kier molecular flexibility index (Phi) is 4.83. The van der Waals surface area contributed by atoms with E-state index in [1.54, 1.807) is 12.4 Å². The molecule has 0 radical (unpaired) electrons. The fourth-order valence-electron chi connectivity index (χ4n) is 3.75. The second-order valence-electron chi connectivity index (χ2n) is 7.57. The molecular formula is C18H28N4O. The molecule has 5 nitrogen and oxygen atoms in total. The minimum absolute atomic E-state index is 0.0187. The van der Waals surface area contributed by atoms with Crippen LogP contribution >= 0.6 is 0 Å². The van der Waals surface area contributed by atoms with Crippen LogP contribution in [0.4, 0.5) is 5.95 Å². The molecule has 1 aromatic heterocycles. The molecule has 1 aromatic rings. The topological polar surface area (TPSA) is 58.1 Å². The average Bonchev–Trinajstić information content (AvgIpc) is 2.59. The maximum atomic E-state index is 12.8. The molecule has 1 saturated carbocycles. The summed E-state index contributed by atoms with van der Waals surface area (Å²) in [5.41, 5.74) is -0.0187. The smallest absolute Gasteiger partial charge is 0.225 e. The minimum Gasteiger partial charge on any atom is -0.351 e. The monoisotopic (exact) mass is 316 g/mol. The van der Waals surface area contributed by atoms with Gasteiger partial charge in [-0.15, -0.1) is 0 Å². The van der Waals surface area contributed by atoms with Gasteiger partial charge in [0.05, 0.1) is 5.92 Å². The van der Waals surface area contributed by atoms with Gasteiger partial charge >= 0.3 is 0 Å². The van der Waals surface area contributed by atoms with E-state index in [1.165, 1.54) is 12.8 Å². The van der Waals surface area contributed by atoms with Crippen molar-refractivity contribution in [3.63, 3.8) is 0 Å². The number of nitrogens with zero attached hydrogens (tertiary/aromatic N) is 3. The molecule has 1 amide bonds. The Balaban J connectivity index is 1.59. The van der Waals surface area contributed by atoms with Crippen LogP contribution in [0.2, 0.25) is 0 Å². The molecule has 2 heterocycles. The molecule has 126 valence electrons. The van der Waals surface area contributed by atoms with Gasteiger partial charge in [0.15, 0.2) is 0 Å². The first kappa shape index (κ1) is 16.2. The lowest BCUT2D eigenvalue weighted by Gasteiger charge is -2.39.